The van der Waals surface area contributed by atoms with Crippen LogP contribution >= 0.6 is 0 Å². The number of nitrogens with zero attached hydrogens (tertiary/aromatic N) is 3. The first kappa shape index (κ1) is 13.6. The van der Waals surface area contributed by atoms with E-state index in [1.54, 1.807) is 0 Å². The first-order chi connectivity index (χ1) is 9.24. The van der Waals surface area contributed by atoms with Crippen molar-refractivity contribution in [3.8, 4) is 6.07 Å². The fourth-order valence-corrected chi connectivity index (χ4v) is 2.41. The lowest BCUT2D eigenvalue weighted by molar-refractivity contribution is 0.381. The summed E-state index contributed by atoms with van der Waals surface area (Å²) in [6, 6.07) is 10.5. The van der Waals surface area contributed by atoms with Crippen LogP contribution in [0.5, 0.6) is 0 Å². The zero-order valence-corrected chi connectivity index (χ0v) is 11.6. The van der Waals surface area contributed by atoms with Crippen molar-refractivity contribution in [3.63, 3.8) is 0 Å². The van der Waals surface area contributed by atoms with Gasteiger partial charge in [-0.2, -0.15) is 5.26 Å². The Morgan fingerprint density at radius 2 is 2.21 bits per heavy atom. The summed E-state index contributed by atoms with van der Waals surface area (Å²) in [7, 11) is 1.86. The SMILES string of the molecule is CCC(C#N)(CCCn1cnc2ccccc21)NC. The van der Waals surface area contributed by atoms with E-state index < -0.39 is 5.54 Å². The van der Waals surface area contributed by atoms with E-state index in [9.17, 15) is 5.26 Å². The number of hydrogen-bond donors (Lipinski definition) is 1. The lowest BCUT2D eigenvalue weighted by Gasteiger charge is -2.24. The van der Waals surface area contributed by atoms with Gasteiger partial charge in [0.2, 0.25) is 0 Å². The Labute approximate surface area is 114 Å². The zero-order valence-electron chi connectivity index (χ0n) is 11.6. The summed E-state index contributed by atoms with van der Waals surface area (Å²) in [5, 5.41) is 12.4. The summed E-state index contributed by atoms with van der Waals surface area (Å²) >= 11 is 0. The normalized spacial score (nSPS) is 14.2. The molecular formula is C15H20N4. The molecule has 1 unspecified atom stereocenters. The van der Waals surface area contributed by atoms with Crippen molar-refractivity contribution in [2.45, 2.75) is 38.3 Å². The molecule has 0 fully saturated rings. The molecule has 0 aliphatic carbocycles. The fraction of sp³-hybridized carbons (Fsp3) is 0.467. The maximum Gasteiger partial charge on any atom is 0.106 e. The van der Waals surface area contributed by atoms with E-state index in [0.717, 1.165) is 36.8 Å². The molecule has 0 saturated heterocycles. The van der Waals surface area contributed by atoms with Crippen LogP contribution in [0.3, 0.4) is 0 Å². The summed E-state index contributed by atoms with van der Waals surface area (Å²) in [6.07, 6.45) is 4.51. The second-order valence-electron chi connectivity index (χ2n) is 4.83. The van der Waals surface area contributed by atoms with Gasteiger partial charge < -0.3 is 9.88 Å². The van der Waals surface area contributed by atoms with E-state index in [1.165, 1.54) is 0 Å². The molecule has 0 spiro atoms. The van der Waals surface area contributed by atoms with Gasteiger partial charge in [0, 0.05) is 6.54 Å². The van der Waals surface area contributed by atoms with E-state index in [2.05, 4.69) is 27.0 Å². The minimum atomic E-state index is -0.392. The van der Waals surface area contributed by atoms with Gasteiger partial charge in [-0.3, -0.25) is 0 Å². The van der Waals surface area contributed by atoms with Crippen molar-refractivity contribution < 1.29 is 0 Å². The molecule has 0 saturated carbocycles. The average molecular weight is 256 g/mol. The van der Waals surface area contributed by atoms with Crippen molar-refractivity contribution in [1.29, 1.82) is 5.26 Å². The Kier molecular flexibility index (Phi) is 4.18. The highest BCUT2D eigenvalue weighted by atomic mass is 15.0. The van der Waals surface area contributed by atoms with Crippen molar-refractivity contribution in [3.05, 3.63) is 30.6 Å². The minimum absolute atomic E-state index is 0.392. The summed E-state index contributed by atoms with van der Waals surface area (Å²) in [5.41, 5.74) is 1.79. The van der Waals surface area contributed by atoms with Gasteiger partial charge in [0.1, 0.15) is 5.54 Å². The molecule has 1 aromatic heterocycles. The second kappa shape index (κ2) is 5.85. The molecule has 0 amide bonds. The molecule has 2 aromatic rings. The third-order valence-corrected chi connectivity index (χ3v) is 3.83. The Bertz CT molecular complexity index is 575. The fourth-order valence-electron chi connectivity index (χ4n) is 2.41. The molecule has 100 valence electrons. The summed E-state index contributed by atoms with van der Waals surface area (Å²) in [5.74, 6) is 0. The first-order valence-corrected chi connectivity index (χ1v) is 6.75. The van der Waals surface area contributed by atoms with Crippen molar-refractivity contribution >= 4 is 11.0 Å². The summed E-state index contributed by atoms with van der Waals surface area (Å²) in [4.78, 5) is 4.38. The summed E-state index contributed by atoms with van der Waals surface area (Å²) < 4.78 is 2.16. The topological polar surface area (TPSA) is 53.6 Å². The number of hydrogen-bond acceptors (Lipinski definition) is 3. The molecule has 0 radical (unpaired) electrons. The molecule has 1 N–H and O–H groups in total. The Morgan fingerprint density at radius 3 is 2.89 bits per heavy atom. The van der Waals surface area contributed by atoms with E-state index in [4.69, 9.17) is 0 Å². The minimum Gasteiger partial charge on any atom is -0.331 e. The van der Waals surface area contributed by atoms with Gasteiger partial charge >= 0.3 is 0 Å². The van der Waals surface area contributed by atoms with E-state index >= 15 is 0 Å². The van der Waals surface area contributed by atoms with Crippen molar-refractivity contribution in [1.82, 2.24) is 14.9 Å². The quantitative estimate of drug-likeness (QED) is 0.864. The van der Waals surface area contributed by atoms with E-state index in [1.807, 2.05) is 38.5 Å². The molecule has 4 nitrogen and oxygen atoms in total. The largest absolute Gasteiger partial charge is 0.331 e. The third kappa shape index (κ3) is 2.77. The summed E-state index contributed by atoms with van der Waals surface area (Å²) in [6.45, 7) is 2.94. The van der Waals surface area contributed by atoms with Crippen LogP contribution in [0.1, 0.15) is 26.2 Å². The van der Waals surface area contributed by atoms with Gasteiger partial charge in [0.25, 0.3) is 0 Å². The molecule has 19 heavy (non-hydrogen) atoms. The van der Waals surface area contributed by atoms with Crippen LogP contribution < -0.4 is 5.32 Å². The van der Waals surface area contributed by atoms with Crippen LogP contribution in [0, 0.1) is 11.3 Å². The Hall–Kier alpha value is -1.86. The lowest BCUT2D eigenvalue weighted by Crippen LogP contribution is -2.40. The Morgan fingerprint density at radius 1 is 1.42 bits per heavy atom. The highest BCUT2D eigenvalue weighted by molar-refractivity contribution is 5.74. The lowest BCUT2D eigenvalue weighted by atomic mass is 9.92. The van der Waals surface area contributed by atoms with Gasteiger partial charge in [0.05, 0.1) is 23.4 Å². The molecule has 0 aliphatic rings. The number of nitrogens with one attached hydrogen (secondary N) is 1. The third-order valence-electron chi connectivity index (χ3n) is 3.83. The zero-order chi connectivity index (χ0) is 13.7. The number of fused-ring (bicyclic) bond motifs is 1. The highest BCUT2D eigenvalue weighted by Gasteiger charge is 2.24. The van der Waals surface area contributed by atoms with Gasteiger partial charge in [-0.05, 0) is 38.4 Å². The van der Waals surface area contributed by atoms with Crippen LogP contribution in [0.15, 0.2) is 30.6 Å². The molecule has 0 bridgehead atoms. The predicted molar refractivity (Wildman–Crippen MR) is 76.7 cm³/mol. The van der Waals surface area contributed by atoms with Crippen LogP contribution in [-0.4, -0.2) is 22.1 Å². The maximum atomic E-state index is 9.27. The highest BCUT2D eigenvalue weighted by Crippen LogP contribution is 2.18. The van der Waals surface area contributed by atoms with Gasteiger partial charge in [-0.15, -0.1) is 0 Å². The van der Waals surface area contributed by atoms with Gasteiger partial charge in [0.15, 0.2) is 0 Å². The van der Waals surface area contributed by atoms with Crippen molar-refractivity contribution in [2.75, 3.05) is 7.05 Å². The van der Waals surface area contributed by atoms with Gasteiger partial charge in [-0.1, -0.05) is 19.1 Å². The molecule has 0 aliphatic heterocycles. The standard InChI is InChI=1S/C15H20N4/c1-3-15(11-16,17-2)9-6-10-19-12-18-13-7-4-5-8-14(13)19/h4-5,7-8,12,17H,3,6,9-10H2,1-2H3. The molecule has 1 aromatic carbocycles. The predicted octanol–water partition coefficient (Wildman–Crippen LogP) is 2.71. The number of aryl methyl sites for hydroxylation is 1. The van der Waals surface area contributed by atoms with Crippen LogP contribution in [0.2, 0.25) is 0 Å². The molecular weight excluding hydrogens is 236 g/mol. The smallest absolute Gasteiger partial charge is 0.106 e. The van der Waals surface area contributed by atoms with Crippen LogP contribution in [0.25, 0.3) is 11.0 Å². The molecule has 4 heteroatoms. The number of nitriles is 1. The van der Waals surface area contributed by atoms with Crippen molar-refractivity contribution in [2.24, 2.45) is 0 Å². The van der Waals surface area contributed by atoms with E-state index in [0.29, 0.717) is 0 Å². The molecule has 2 rings (SSSR count). The van der Waals surface area contributed by atoms with Gasteiger partial charge in [-0.25, -0.2) is 4.98 Å². The van der Waals surface area contributed by atoms with Crippen LogP contribution in [0.4, 0.5) is 0 Å². The number of benzene rings is 1. The number of para-hydroxylation sites is 2. The number of rotatable bonds is 6. The maximum absolute atomic E-state index is 9.27. The second-order valence-corrected chi connectivity index (χ2v) is 4.83. The first-order valence-electron chi connectivity index (χ1n) is 6.75. The molecule has 1 atom stereocenters. The Balaban J connectivity index is 2.02. The average Bonchev–Trinajstić information content (AvgIpc) is 2.88. The molecule has 1 heterocycles. The number of imidazole rings is 1. The van der Waals surface area contributed by atoms with E-state index in [-0.39, 0.29) is 0 Å². The number of aromatic nitrogens is 2. The monoisotopic (exact) mass is 256 g/mol. The van der Waals surface area contributed by atoms with Crippen LogP contribution in [-0.2, 0) is 6.54 Å².